The van der Waals surface area contributed by atoms with Gasteiger partial charge >= 0.3 is 0 Å². The standard InChI is InChI=1S/C23H18/c1-23-15-17-11-5-6-12-18(17)22(23)21(16-9-3-2-4-10-16)19-13-7-8-14-20(19)23/h2-14H,15H2,1H3. The number of rotatable bonds is 1. The first-order valence-corrected chi connectivity index (χ1v) is 8.27. The highest BCUT2D eigenvalue weighted by molar-refractivity contribution is 6.09. The molecule has 0 radical (unpaired) electrons. The van der Waals surface area contributed by atoms with E-state index in [-0.39, 0.29) is 5.41 Å². The molecule has 3 aromatic carbocycles. The van der Waals surface area contributed by atoms with Crippen LogP contribution in [0, 0.1) is 0 Å². The molecule has 0 saturated heterocycles. The van der Waals surface area contributed by atoms with Crippen LogP contribution in [0.5, 0.6) is 0 Å². The quantitative estimate of drug-likeness (QED) is 0.558. The maximum Gasteiger partial charge on any atom is 0.0233 e. The van der Waals surface area contributed by atoms with Crippen LogP contribution in [0.4, 0.5) is 0 Å². The molecule has 2 aliphatic rings. The Balaban J connectivity index is 1.91. The van der Waals surface area contributed by atoms with Gasteiger partial charge in [0.25, 0.3) is 0 Å². The summed E-state index contributed by atoms with van der Waals surface area (Å²) < 4.78 is 0. The fourth-order valence-electron chi connectivity index (χ4n) is 4.55. The monoisotopic (exact) mass is 294 g/mol. The van der Waals surface area contributed by atoms with Gasteiger partial charge in [0.1, 0.15) is 0 Å². The van der Waals surface area contributed by atoms with Crippen LogP contribution in [0.15, 0.2) is 78.9 Å². The zero-order valence-electron chi connectivity index (χ0n) is 13.2. The summed E-state index contributed by atoms with van der Waals surface area (Å²) in [7, 11) is 0. The summed E-state index contributed by atoms with van der Waals surface area (Å²) in [5, 5.41) is 0. The minimum atomic E-state index is 0.103. The molecule has 0 aliphatic heterocycles. The highest BCUT2D eigenvalue weighted by Crippen LogP contribution is 2.58. The van der Waals surface area contributed by atoms with E-state index in [1.807, 2.05) is 0 Å². The summed E-state index contributed by atoms with van der Waals surface area (Å²) in [5.74, 6) is 0. The van der Waals surface area contributed by atoms with Gasteiger partial charge in [-0.2, -0.15) is 0 Å². The van der Waals surface area contributed by atoms with Gasteiger partial charge in [-0.25, -0.2) is 0 Å². The number of benzene rings is 3. The normalized spacial score (nSPS) is 21.1. The van der Waals surface area contributed by atoms with Crippen LogP contribution in [0.1, 0.15) is 34.7 Å². The molecule has 0 bridgehead atoms. The summed E-state index contributed by atoms with van der Waals surface area (Å²) in [6.07, 6.45) is 1.10. The number of hydrogen-bond donors (Lipinski definition) is 0. The minimum absolute atomic E-state index is 0.103. The minimum Gasteiger partial charge on any atom is -0.0622 e. The molecule has 0 heteroatoms. The molecule has 0 fully saturated rings. The zero-order valence-corrected chi connectivity index (χ0v) is 13.2. The average Bonchev–Trinajstić information content (AvgIpc) is 3.03. The van der Waals surface area contributed by atoms with Crippen LogP contribution < -0.4 is 0 Å². The van der Waals surface area contributed by atoms with Gasteiger partial charge in [-0.05, 0) is 45.4 Å². The Hall–Kier alpha value is -2.60. The Morgan fingerprint density at radius 1 is 0.696 bits per heavy atom. The van der Waals surface area contributed by atoms with Crippen molar-refractivity contribution in [2.45, 2.75) is 18.8 Å². The van der Waals surface area contributed by atoms with Gasteiger partial charge in [0.05, 0.1) is 0 Å². The molecule has 3 aromatic rings. The van der Waals surface area contributed by atoms with Crippen molar-refractivity contribution in [3.63, 3.8) is 0 Å². The van der Waals surface area contributed by atoms with E-state index in [0.717, 1.165) is 6.42 Å². The number of hydrogen-bond acceptors (Lipinski definition) is 0. The second-order valence-electron chi connectivity index (χ2n) is 6.83. The van der Waals surface area contributed by atoms with E-state index < -0.39 is 0 Å². The molecule has 1 atom stereocenters. The van der Waals surface area contributed by atoms with Gasteiger partial charge in [0, 0.05) is 5.41 Å². The molecular formula is C23H18. The fraction of sp³-hybridized carbons (Fsp3) is 0.130. The number of fused-ring (bicyclic) bond motifs is 5. The van der Waals surface area contributed by atoms with E-state index in [1.54, 1.807) is 0 Å². The molecule has 2 aliphatic carbocycles. The average molecular weight is 294 g/mol. The fourth-order valence-corrected chi connectivity index (χ4v) is 4.55. The summed E-state index contributed by atoms with van der Waals surface area (Å²) in [4.78, 5) is 0. The second kappa shape index (κ2) is 4.45. The highest BCUT2D eigenvalue weighted by Gasteiger charge is 2.46. The highest BCUT2D eigenvalue weighted by atomic mass is 14.5. The molecule has 0 amide bonds. The lowest BCUT2D eigenvalue weighted by Crippen LogP contribution is -2.18. The lowest BCUT2D eigenvalue weighted by Gasteiger charge is -2.23. The van der Waals surface area contributed by atoms with E-state index in [1.165, 1.54) is 39.0 Å². The van der Waals surface area contributed by atoms with Crippen molar-refractivity contribution in [3.05, 3.63) is 107 Å². The molecular weight excluding hydrogens is 276 g/mol. The summed E-state index contributed by atoms with van der Waals surface area (Å²) in [6.45, 7) is 2.41. The van der Waals surface area contributed by atoms with Crippen molar-refractivity contribution in [2.75, 3.05) is 0 Å². The third kappa shape index (κ3) is 1.61. The van der Waals surface area contributed by atoms with E-state index in [0.29, 0.717) is 0 Å². The van der Waals surface area contributed by atoms with Crippen LogP contribution in [-0.4, -0.2) is 0 Å². The Morgan fingerprint density at radius 3 is 2.17 bits per heavy atom. The first-order chi connectivity index (χ1) is 11.3. The van der Waals surface area contributed by atoms with Crippen LogP contribution in [0.2, 0.25) is 0 Å². The molecule has 110 valence electrons. The van der Waals surface area contributed by atoms with Gasteiger partial charge in [-0.15, -0.1) is 0 Å². The van der Waals surface area contributed by atoms with E-state index in [2.05, 4.69) is 85.8 Å². The second-order valence-corrected chi connectivity index (χ2v) is 6.83. The Bertz CT molecular complexity index is 947. The van der Waals surface area contributed by atoms with Gasteiger partial charge in [0.15, 0.2) is 0 Å². The maximum absolute atomic E-state index is 2.41. The molecule has 0 heterocycles. The van der Waals surface area contributed by atoms with Crippen LogP contribution in [0.25, 0.3) is 11.1 Å². The molecule has 23 heavy (non-hydrogen) atoms. The predicted octanol–water partition coefficient (Wildman–Crippen LogP) is 5.47. The smallest absolute Gasteiger partial charge is 0.0233 e. The van der Waals surface area contributed by atoms with Crippen molar-refractivity contribution in [1.29, 1.82) is 0 Å². The molecule has 1 unspecified atom stereocenters. The number of allylic oxidation sites excluding steroid dienone is 1. The first kappa shape index (κ1) is 12.9. The molecule has 0 saturated carbocycles. The Labute approximate surface area is 137 Å². The zero-order chi connectivity index (χ0) is 15.4. The SMILES string of the molecule is CC12Cc3ccccc3C1=C(c1ccccc1)c1ccccc12. The largest absolute Gasteiger partial charge is 0.0622 e. The molecule has 0 nitrogen and oxygen atoms in total. The summed E-state index contributed by atoms with van der Waals surface area (Å²) in [5.41, 5.74) is 10.2. The van der Waals surface area contributed by atoms with Crippen molar-refractivity contribution in [3.8, 4) is 0 Å². The van der Waals surface area contributed by atoms with Crippen molar-refractivity contribution in [2.24, 2.45) is 0 Å². The van der Waals surface area contributed by atoms with Gasteiger partial charge in [-0.3, -0.25) is 0 Å². The van der Waals surface area contributed by atoms with E-state index >= 15 is 0 Å². The maximum atomic E-state index is 2.41. The molecule has 0 N–H and O–H groups in total. The summed E-state index contributed by atoms with van der Waals surface area (Å²) in [6, 6.07) is 28.7. The Kier molecular flexibility index (Phi) is 2.50. The van der Waals surface area contributed by atoms with Gasteiger partial charge in [0.2, 0.25) is 0 Å². The third-order valence-electron chi connectivity index (χ3n) is 5.49. The Morgan fingerprint density at radius 2 is 1.35 bits per heavy atom. The third-order valence-corrected chi connectivity index (χ3v) is 5.49. The van der Waals surface area contributed by atoms with Crippen molar-refractivity contribution >= 4 is 11.1 Å². The predicted molar refractivity (Wildman–Crippen MR) is 96.3 cm³/mol. The van der Waals surface area contributed by atoms with E-state index in [9.17, 15) is 0 Å². The van der Waals surface area contributed by atoms with E-state index in [4.69, 9.17) is 0 Å². The topological polar surface area (TPSA) is 0 Å². The van der Waals surface area contributed by atoms with Crippen molar-refractivity contribution in [1.82, 2.24) is 0 Å². The molecule has 0 aromatic heterocycles. The van der Waals surface area contributed by atoms with Crippen LogP contribution in [0.3, 0.4) is 0 Å². The first-order valence-electron chi connectivity index (χ1n) is 8.27. The van der Waals surface area contributed by atoms with Gasteiger partial charge < -0.3 is 0 Å². The van der Waals surface area contributed by atoms with Crippen LogP contribution in [-0.2, 0) is 11.8 Å². The molecule has 0 spiro atoms. The summed E-state index contributed by atoms with van der Waals surface area (Å²) >= 11 is 0. The van der Waals surface area contributed by atoms with Gasteiger partial charge in [-0.1, -0.05) is 85.8 Å². The molecule has 5 rings (SSSR count). The lowest BCUT2D eigenvalue weighted by atomic mass is 9.79. The van der Waals surface area contributed by atoms with Crippen molar-refractivity contribution < 1.29 is 0 Å². The van der Waals surface area contributed by atoms with Crippen LogP contribution >= 0.6 is 0 Å². The lowest BCUT2D eigenvalue weighted by molar-refractivity contribution is 0.646.